The third kappa shape index (κ3) is 6.60. The van der Waals surface area contributed by atoms with Gasteiger partial charge >= 0.3 is 23.9 Å². The minimum atomic E-state index is -6.88. The Morgan fingerprint density at radius 1 is 0.871 bits per heavy atom. The van der Waals surface area contributed by atoms with Crippen molar-refractivity contribution >= 4 is 10.1 Å². The van der Waals surface area contributed by atoms with Crippen LogP contribution in [0.4, 0.5) is 39.5 Å². The fourth-order valence-electron chi connectivity index (χ4n) is 2.64. The smallest absolute Gasteiger partial charge is 0.460 e. The highest BCUT2D eigenvalue weighted by Gasteiger charge is 2.81. The van der Waals surface area contributed by atoms with Gasteiger partial charge in [0, 0.05) is 13.0 Å². The molecule has 4 nitrogen and oxygen atoms in total. The Balaban J connectivity index is 2.42. The highest BCUT2D eigenvalue weighted by Crippen LogP contribution is 2.54. The average Bonchev–Trinajstić information content (AvgIpc) is 2.59. The monoisotopic (exact) mass is 491 g/mol. The lowest BCUT2D eigenvalue weighted by atomic mass is 9.98. The molecule has 1 aliphatic carbocycles. The summed E-state index contributed by atoms with van der Waals surface area (Å²) in [6.07, 6.45) is -4.33. The lowest BCUT2D eigenvalue weighted by Gasteiger charge is -2.33. The minimum Gasteiger partial charge on any atom is -0.747 e. The summed E-state index contributed by atoms with van der Waals surface area (Å²) in [5.41, 5.74) is -1.04. The molecule has 0 bridgehead atoms. The van der Waals surface area contributed by atoms with E-state index in [1.165, 1.54) is 19.1 Å². The van der Waals surface area contributed by atoms with E-state index in [1.807, 2.05) is 0 Å². The van der Waals surface area contributed by atoms with Crippen LogP contribution in [0.3, 0.4) is 0 Å². The van der Waals surface area contributed by atoms with E-state index in [4.69, 9.17) is 4.74 Å². The van der Waals surface area contributed by atoms with Crippen molar-refractivity contribution in [1.29, 1.82) is 0 Å². The van der Waals surface area contributed by atoms with Crippen LogP contribution in [0.1, 0.15) is 39.0 Å². The molecule has 0 N–H and O–H groups in total. The molecule has 0 spiro atoms. The van der Waals surface area contributed by atoms with E-state index in [2.05, 4.69) is 0 Å². The first kappa shape index (κ1) is 27.8. The predicted octanol–water partition coefficient (Wildman–Crippen LogP) is 5.22. The molecule has 0 saturated carbocycles. The van der Waals surface area contributed by atoms with E-state index in [9.17, 15) is 52.5 Å². The number of hydrogen-bond donors (Lipinski definition) is 0. The second-order valence-corrected chi connectivity index (χ2v) is 8.75. The molecule has 0 heterocycles. The van der Waals surface area contributed by atoms with Gasteiger partial charge in [0.1, 0.15) is 15.7 Å². The third-order valence-electron chi connectivity index (χ3n) is 4.57. The maximum atomic E-state index is 13.4. The summed E-state index contributed by atoms with van der Waals surface area (Å²) in [7, 11) is -4.55. The maximum absolute atomic E-state index is 13.4. The molecular weight excluding hydrogens is 471 g/mol. The Kier molecular flexibility index (Phi) is 8.32. The van der Waals surface area contributed by atoms with Crippen molar-refractivity contribution in [3.63, 3.8) is 0 Å². The zero-order chi connectivity index (χ0) is 24.4. The summed E-state index contributed by atoms with van der Waals surface area (Å²) in [5.74, 6) is -19.0. The van der Waals surface area contributed by atoms with Crippen LogP contribution in [0.25, 0.3) is 0 Å². The van der Waals surface area contributed by atoms with Crippen LogP contribution in [0.15, 0.2) is 24.3 Å². The molecule has 1 aliphatic rings. The van der Waals surface area contributed by atoms with E-state index >= 15 is 0 Å². The van der Waals surface area contributed by atoms with Gasteiger partial charge < -0.3 is 9.29 Å². The van der Waals surface area contributed by atoms with Gasteiger partial charge in [-0.1, -0.05) is 37.1 Å². The number of hydrogen-bond acceptors (Lipinski definition) is 4. The molecule has 182 valence electrons. The summed E-state index contributed by atoms with van der Waals surface area (Å²) in [6.45, 7) is 1.55. The van der Waals surface area contributed by atoms with E-state index in [0.717, 1.165) is 12.2 Å². The number of halogens is 9. The fourth-order valence-corrected chi connectivity index (χ4v) is 3.18. The molecule has 0 unspecified atom stereocenters. The Labute approximate surface area is 172 Å². The second kappa shape index (κ2) is 9.30. The normalized spacial score (nSPS) is 23.4. The molecule has 0 fully saturated rings. The third-order valence-corrected chi connectivity index (χ3v) is 5.56. The van der Waals surface area contributed by atoms with Gasteiger partial charge in [0.15, 0.2) is 0 Å². The van der Waals surface area contributed by atoms with Gasteiger partial charge in [-0.3, -0.25) is 0 Å². The first-order valence-corrected chi connectivity index (χ1v) is 10.4. The van der Waals surface area contributed by atoms with E-state index in [0.29, 0.717) is 0 Å². The van der Waals surface area contributed by atoms with Crippen molar-refractivity contribution in [2.75, 3.05) is 6.61 Å². The van der Waals surface area contributed by atoms with Crippen molar-refractivity contribution in [3.8, 4) is 0 Å². The molecule has 0 aromatic heterocycles. The molecular formula is C17H20F9O4S-. The molecule has 1 rings (SSSR count). The van der Waals surface area contributed by atoms with Gasteiger partial charge in [-0.05, 0) is 19.8 Å². The van der Waals surface area contributed by atoms with Gasteiger partial charge in [0.2, 0.25) is 0 Å². The quantitative estimate of drug-likeness (QED) is 0.172. The van der Waals surface area contributed by atoms with Crippen LogP contribution in [-0.4, -0.2) is 54.4 Å². The molecule has 31 heavy (non-hydrogen) atoms. The van der Waals surface area contributed by atoms with Crippen molar-refractivity contribution in [3.05, 3.63) is 24.3 Å². The van der Waals surface area contributed by atoms with Crippen molar-refractivity contribution in [2.45, 2.75) is 73.8 Å². The van der Waals surface area contributed by atoms with Crippen LogP contribution in [0.2, 0.25) is 0 Å². The first-order chi connectivity index (χ1) is 13.8. The Bertz CT molecular complexity index is 759. The van der Waals surface area contributed by atoms with Gasteiger partial charge in [0.25, 0.3) is 0 Å². The first-order valence-electron chi connectivity index (χ1n) is 8.94. The SMILES string of the molecule is CC1(OCCCCCCC(F)(F)C(F)(F)C(F)(F)C(F)(F)F)C=CC(S(=O)(=O)[O-])C=C1. The second-order valence-electron chi connectivity index (χ2n) is 7.22. The number of alkyl halides is 9. The van der Waals surface area contributed by atoms with Crippen LogP contribution < -0.4 is 0 Å². The van der Waals surface area contributed by atoms with Crippen LogP contribution in [-0.2, 0) is 14.9 Å². The summed E-state index contributed by atoms with van der Waals surface area (Å²) >= 11 is 0. The van der Waals surface area contributed by atoms with Crippen molar-refractivity contribution in [1.82, 2.24) is 0 Å². The van der Waals surface area contributed by atoms with Gasteiger partial charge in [0.05, 0.1) is 5.25 Å². The zero-order valence-electron chi connectivity index (χ0n) is 16.1. The molecule has 0 atom stereocenters. The standard InChI is InChI=1S/C17H21F9O4S/c1-13(9-6-12(7-10-13)31(27,28)29)30-11-5-3-2-4-8-14(18,19)15(20,21)16(22,23)17(24,25)26/h6-7,9-10,12H,2-5,8,11H2,1H3,(H,27,28,29)/p-1. The number of unbranched alkanes of at least 4 members (excludes halogenated alkanes) is 3. The molecule has 14 heteroatoms. The molecule has 0 aromatic carbocycles. The molecule has 0 radical (unpaired) electrons. The molecule has 0 amide bonds. The molecule has 0 aliphatic heterocycles. The average molecular weight is 491 g/mol. The summed E-state index contributed by atoms with van der Waals surface area (Å²) in [6, 6.07) is 0. The Morgan fingerprint density at radius 3 is 1.81 bits per heavy atom. The van der Waals surface area contributed by atoms with Crippen LogP contribution in [0.5, 0.6) is 0 Å². The maximum Gasteiger partial charge on any atom is 0.460 e. The highest BCUT2D eigenvalue weighted by molar-refractivity contribution is 7.86. The van der Waals surface area contributed by atoms with E-state index < -0.39 is 57.8 Å². The predicted molar refractivity (Wildman–Crippen MR) is 90.1 cm³/mol. The van der Waals surface area contributed by atoms with Crippen molar-refractivity contribution < 1.29 is 57.2 Å². The van der Waals surface area contributed by atoms with Gasteiger partial charge in [-0.15, -0.1) is 0 Å². The number of ether oxygens (including phenoxy) is 1. The summed E-state index contributed by atoms with van der Waals surface area (Å²) < 4.78 is 153. The molecule has 0 aromatic rings. The zero-order valence-corrected chi connectivity index (χ0v) is 16.9. The van der Waals surface area contributed by atoms with E-state index in [1.54, 1.807) is 0 Å². The van der Waals surface area contributed by atoms with Crippen LogP contribution in [0, 0.1) is 0 Å². The fraction of sp³-hybridized carbons (Fsp3) is 0.765. The lowest BCUT2D eigenvalue weighted by molar-refractivity contribution is -0.396. The topological polar surface area (TPSA) is 66.4 Å². The highest BCUT2D eigenvalue weighted by atomic mass is 32.2. The van der Waals surface area contributed by atoms with E-state index in [-0.39, 0.29) is 25.9 Å². The van der Waals surface area contributed by atoms with Gasteiger partial charge in [-0.2, -0.15) is 39.5 Å². The summed E-state index contributed by atoms with van der Waals surface area (Å²) in [4.78, 5) is 0. The largest absolute Gasteiger partial charge is 0.747 e. The van der Waals surface area contributed by atoms with Crippen molar-refractivity contribution in [2.24, 2.45) is 0 Å². The minimum absolute atomic E-state index is 0.0126. The Morgan fingerprint density at radius 2 is 1.35 bits per heavy atom. The van der Waals surface area contributed by atoms with Gasteiger partial charge in [-0.25, -0.2) is 8.42 Å². The molecule has 0 saturated heterocycles. The number of rotatable bonds is 11. The summed E-state index contributed by atoms with van der Waals surface area (Å²) in [5, 5.41) is -1.34. The Hall–Kier alpha value is -1.28. The van der Waals surface area contributed by atoms with Crippen LogP contribution >= 0.6 is 0 Å². The lowest BCUT2D eigenvalue weighted by Crippen LogP contribution is -2.60.